The molecule has 0 aliphatic rings. The fraction of sp³-hybridized carbons (Fsp3) is 0.222. The van der Waals surface area contributed by atoms with Crippen molar-refractivity contribution in [2.24, 2.45) is 0 Å². The van der Waals surface area contributed by atoms with Gasteiger partial charge in [-0.25, -0.2) is 14.5 Å². The van der Waals surface area contributed by atoms with Crippen LogP contribution in [0.2, 0.25) is 0 Å². The minimum atomic E-state index is -0.234. The zero-order chi connectivity index (χ0) is 15.7. The summed E-state index contributed by atoms with van der Waals surface area (Å²) in [5.74, 6) is 0.620. The predicted molar refractivity (Wildman–Crippen MR) is 88.3 cm³/mol. The standard InChI is InChI=1S/C18H19N3O/c1-18(2,3)14-9-11-15(12-10-14)21-16(19-20-17(21)22)13-7-5-4-6-8-13/h4-12H,1-3H3,(H,20,22). The van der Waals surface area contributed by atoms with Crippen LogP contribution < -0.4 is 5.69 Å². The molecule has 0 radical (unpaired) electrons. The van der Waals surface area contributed by atoms with E-state index in [9.17, 15) is 4.79 Å². The summed E-state index contributed by atoms with van der Waals surface area (Å²) in [7, 11) is 0. The van der Waals surface area contributed by atoms with E-state index in [1.807, 2.05) is 42.5 Å². The lowest BCUT2D eigenvalue weighted by Crippen LogP contribution is -2.16. The Labute approximate surface area is 129 Å². The Morgan fingerprint density at radius 2 is 1.59 bits per heavy atom. The van der Waals surface area contributed by atoms with Crippen LogP contribution in [-0.4, -0.2) is 14.8 Å². The smallest absolute Gasteiger partial charge is 0.246 e. The average molecular weight is 293 g/mol. The quantitative estimate of drug-likeness (QED) is 0.786. The van der Waals surface area contributed by atoms with Gasteiger partial charge in [0.25, 0.3) is 0 Å². The molecule has 0 aliphatic carbocycles. The number of aromatic amines is 1. The lowest BCUT2D eigenvalue weighted by molar-refractivity contribution is 0.590. The molecule has 112 valence electrons. The van der Waals surface area contributed by atoms with Crippen molar-refractivity contribution in [3.8, 4) is 17.1 Å². The van der Waals surface area contributed by atoms with E-state index in [1.165, 1.54) is 5.56 Å². The fourth-order valence-electron chi connectivity index (χ4n) is 2.43. The van der Waals surface area contributed by atoms with E-state index in [0.29, 0.717) is 5.82 Å². The van der Waals surface area contributed by atoms with Crippen LogP contribution >= 0.6 is 0 Å². The second-order valence-corrected chi connectivity index (χ2v) is 6.35. The van der Waals surface area contributed by atoms with E-state index in [1.54, 1.807) is 4.57 Å². The molecule has 1 N–H and O–H groups in total. The second-order valence-electron chi connectivity index (χ2n) is 6.35. The fourth-order valence-corrected chi connectivity index (χ4v) is 2.43. The first kappa shape index (κ1) is 14.3. The number of H-pyrrole nitrogens is 1. The van der Waals surface area contributed by atoms with Gasteiger partial charge in [-0.05, 0) is 23.1 Å². The molecule has 0 unspecified atom stereocenters. The largest absolute Gasteiger partial charge is 0.348 e. The molecule has 3 rings (SSSR count). The van der Waals surface area contributed by atoms with Crippen molar-refractivity contribution >= 4 is 0 Å². The third-order valence-electron chi connectivity index (χ3n) is 3.70. The van der Waals surface area contributed by atoms with Crippen molar-refractivity contribution in [2.75, 3.05) is 0 Å². The van der Waals surface area contributed by atoms with E-state index in [4.69, 9.17) is 0 Å². The number of rotatable bonds is 2. The van der Waals surface area contributed by atoms with Crippen molar-refractivity contribution in [1.29, 1.82) is 0 Å². The molecule has 0 bridgehead atoms. The molecule has 1 heterocycles. The van der Waals surface area contributed by atoms with Gasteiger partial charge in [0.2, 0.25) is 0 Å². The van der Waals surface area contributed by atoms with Gasteiger partial charge >= 0.3 is 5.69 Å². The van der Waals surface area contributed by atoms with Gasteiger partial charge < -0.3 is 0 Å². The molecule has 0 aliphatic heterocycles. The van der Waals surface area contributed by atoms with Crippen molar-refractivity contribution in [3.63, 3.8) is 0 Å². The van der Waals surface area contributed by atoms with Gasteiger partial charge in [-0.15, -0.1) is 0 Å². The highest BCUT2D eigenvalue weighted by molar-refractivity contribution is 5.57. The lowest BCUT2D eigenvalue weighted by Gasteiger charge is -2.19. The first-order chi connectivity index (χ1) is 10.5. The van der Waals surface area contributed by atoms with E-state index in [0.717, 1.165) is 11.3 Å². The monoisotopic (exact) mass is 293 g/mol. The summed E-state index contributed by atoms with van der Waals surface area (Å²) in [4.78, 5) is 12.1. The molecule has 4 nitrogen and oxygen atoms in total. The Bertz CT molecular complexity index is 821. The molecular weight excluding hydrogens is 274 g/mol. The lowest BCUT2D eigenvalue weighted by atomic mass is 9.87. The molecule has 0 saturated heterocycles. The Hall–Kier alpha value is -2.62. The summed E-state index contributed by atoms with van der Waals surface area (Å²) >= 11 is 0. The van der Waals surface area contributed by atoms with Gasteiger partial charge in [-0.2, -0.15) is 5.10 Å². The van der Waals surface area contributed by atoms with E-state index in [2.05, 4.69) is 43.1 Å². The number of aromatic nitrogens is 3. The molecule has 2 aromatic carbocycles. The third-order valence-corrected chi connectivity index (χ3v) is 3.70. The molecule has 1 aromatic heterocycles. The Balaban J connectivity index is 2.10. The van der Waals surface area contributed by atoms with Crippen LogP contribution in [0.5, 0.6) is 0 Å². The number of hydrogen-bond donors (Lipinski definition) is 1. The maximum absolute atomic E-state index is 12.1. The van der Waals surface area contributed by atoms with Crippen LogP contribution in [0, 0.1) is 0 Å². The molecule has 0 atom stereocenters. The summed E-state index contributed by atoms with van der Waals surface area (Å²) in [6.45, 7) is 6.50. The predicted octanol–water partition coefficient (Wildman–Crippen LogP) is 3.53. The van der Waals surface area contributed by atoms with Gasteiger partial charge in [0.15, 0.2) is 5.82 Å². The van der Waals surface area contributed by atoms with Crippen molar-refractivity contribution in [3.05, 3.63) is 70.6 Å². The molecule has 4 heteroatoms. The maximum atomic E-state index is 12.1. The van der Waals surface area contributed by atoms with Crippen LogP contribution in [0.4, 0.5) is 0 Å². The van der Waals surface area contributed by atoms with Crippen LogP contribution in [0.3, 0.4) is 0 Å². The van der Waals surface area contributed by atoms with Gasteiger partial charge in [0.1, 0.15) is 0 Å². The summed E-state index contributed by atoms with van der Waals surface area (Å²) in [6, 6.07) is 17.7. The first-order valence-electron chi connectivity index (χ1n) is 7.30. The summed E-state index contributed by atoms with van der Waals surface area (Å²) in [5, 5.41) is 6.70. The number of nitrogens with zero attached hydrogens (tertiary/aromatic N) is 2. The molecule has 0 spiro atoms. The third kappa shape index (κ3) is 2.60. The minimum Gasteiger partial charge on any atom is -0.246 e. The molecular formula is C18H19N3O. The van der Waals surface area contributed by atoms with Gasteiger partial charge in [0.05, 0.1) is 5.69 Å². The van der Waals surface area contributed by atoms with E-state index < -0.39 is 0 Å². The van der Waals surface area contributed by atoms with Gasteiger partial charge in [0, 0.05) is 5.56 Å². The number of benzene rings is 2. The maximum Gasteiger partial charge on any atom is 0.348 e. The van der Waals surface area contributed by atoms with Gasteiger partial charge in [-0.1, -0.05) is 63.2 Å². The van der Waals surface area contributed by atoms with Crippen LogP contribution in [0.1, 0.15) is 26.3 Å². The second kappa shape index (κ2) is 5.30. The highest BCUT2D eigenvalue weighted by Gasteiger charge is 2.15. The highest BCUT2D eigenvalue weighted by Crippen LogP contribution is 2.24. The summed E-state index contributed by atoms with van der Waals surface area (Å²) in [5.41, 5.74) is 2.80. The topological polar surface area (TPSA) is 50.7 Å². The summed E-state index contributed by atoms with van der Waals surface area (Å²) < 4.78 is 1.60. The molecule has 22 heavy (non-hydrogen) atoms. The van der Waals surface area contributed by atoms with Crippen molar-refractivity contribution < 1.29 is 0 Å². The van der Waals surface area contributed by atoms with Gasteiger partial charge in [-0.3, -0.25) is 0 Å². The zero-order valence-corrected chi connectivity index (χ0v) is 13.0. The highest BCUT2D eigenvalue weighted by atomic mass is 16.1. The summed E-state index contributed by atoms with van der Waals surface area (Å²) in [6.07, 6.45) is 0. The zero-order valence-electron chi connectivity index (χ0n) is 13.0. The van der Waals surface area contributed by atoms with Crippen LogP contribution in [-0.2, 0) is 5.41 Å². The molecule has 3 aromatic rings. The van der Waals surface area contributed by atoms with E-state index in [-0.39, 0.29) is 11.1 Å². The molecule has 0 fully saturated rings. The Morgan fingerprint density at radius 1 is 0.955 bits per heavy atom. The Kier molecular flexibility index (Phi) is 3.45. The SMILES string of the molecule is CC(C)(C)c1ccc(-n2c(-c3ccccc3)n[nH]c2=O)cc1. The van der Waals surface area contributed by atoms with E-state index >= 15 is 0 Å². The first-order valence-corrected chi connectivity index (χ1v) is 7.30. The molecule has 0 amide bonds. The Morgan fingerprint density at radius 3 is 2.18 bits per heavy atom. The molecule has 0 saturated carbocycles. The van der Waals surface area contributed by atoms with Crippen LogP contribution in [0.25, 0.3) is 17.1 Å². The van der Waals surface area contributed by atoms with Crippen molar-refractivity contribution in [1.82, 2.24) is 14.8 Å². The normalized spacial score (nSPS) is 11.6. The number of hydrogen-bond acceptors (Lipinski definition) is 2. The van der Waals surface area contributed by atoms with Crippen molar-refractivity contribution in [2.45, 2.75) is 26.2 Å². The minimum absolute atomic E-state index is 0.0855. The van der Waals surface area contributed by atoms with Crippen LogP contribution in [0.15, 0.2) is 59.4 Å². The number of nitrogens with one attached hydrogen (secondary N) is 1. The average Bonchev–Trinajstić information content (AvgIpc) is 2.89.